The Balaban J connectivity index is 2.00. The quantitative estimate of drug-likeness (QED) is 0.371. The molecule has 196 valence electrons. The van der Waals surface area contributed by atoms with Crippen LogP contribution < -0.4 is 9.62 Å². The Morgan fingerprint density at radius 2 is 1.51 bits per heavy atom. The second-order valence-electron chi connectivity index (χ2n) is 8.79. The molecule has 1 N–H and O–H groups in total. The molecule has 0 aliphatic rings. The van der Waals surface area contributed by atoms with Gasteiger partial charge in [-0.3, -0.25) is 13.9 Å². The number of carbonyl (C=O) groups excluding carboxylic acids is 2. The van der Waals surface area contributed by atoms with Gasteiger partial charge in [-0.1, -0.05) is 53.5 Å². The van der Waals surface area contributed by atoms with Crippen LogP contribution in [0.1, 0.15) is 26.3 Å². The van der Waals surface area contributed by atoms with Crippen molar-refractivity contribution in [1.29, 1.82) is 0 Å². The fourth-order valence-corrected chi connectivity index (χ4v) is 5.43. The fourth-order valence-electron chi connectivity index (χ4n) is 3.68. The topological polar surface area (TPSA) is 86.8 Å². The minimum absolute atomic E-state index is 0.0134. The normalized spacial score (nSPS) is 12.2. The molecule has 0 fully saturated rings. The summed E-state index contributed by atoms with van der Waals surface area (Å²) in [6.07, 6.45) is 0. The molecule has 2 amide bonds. The van der Waals surface area contributed by atoms with Gasteiger partial charge in [-0.05, 0) is 74.9 Å². The van der Waals surface area contributed by atoms with E-state index in [1.807, 2.05) is 13.8 Å². The highest BCUT2D eigenvalue weighted by Crippen LogP contribution is 2.25. The van der Waals surface area contributed by atoms with Crippen molar-refractivity contribution in [3.63, 3.8) is 0 Å². The van der Waals surface area contributed by atoms with E-state index in [1.54, 1.807) is 61.5 Å². The average Bonchev–Trinajstić information content (AvgIpc) is 2.85. The van der Waals surface area contributed by atoms with Gasteiger partial charge in [0.1, 0.15) is 12.6 Å². The lowest BCUT2D eigenvalue weighted by atomic mass is 10.1. The molecule has 0 aromatic heterocycles. The lowest BCUT2D eigenvalue weighted by molar-refractivity contribution is -0.139. The van der Waals surface area contributed by atoms with E-state index in [0.717, 1.165) is 4.31 Å². The maximum absolute atomic E-state index is 13.8. The summed E-state index contributed by atoms with van der Waals surface area (Å²) in [5.74, 6) is -0.898. The number of amides is 2. The van der Waals surface area contributed by atoms with E-state index in [9.17, 15) is 18.0 Å². The number of rotatable bonds is 10. The third-order valence-electron chi connectivity index (χ3n) is 5.56. The molecule has 0 bridgehead atoms. The maximum atomic E-state index is 13.8. The zero-order valence-corrected chi connectivity index (χ0v) is 23.1. The molecule has 0 radical (unpaired) electrons. The molecule has 0 unspecified atom stereocenters. The molecule has 0 heterocycles. The Bertz CT molecular complexity index is 1330. The van der Waals surface area contributed by atoms with Gasteiger partial charge in [-0.25, -0.2) is 8.42 Å². The van der Waals surface area contributed by atoms with E-state index in [2.05, 4.69) is 5.32 Å². The number of hydrogen-bond donors (Lipinski definition) is 1. The average molecular weight is 563 g/mol. The van der Waals surface area contributed by atoms with Gasteiger partial charge >= 0.3 is 0 Å². The molecule has 3 rings (SSSR count). The standard InChI is InChI=1S/C27H29Cl2N3O4S/c1-19(2)30-27(34)20(3)31(17-21-8-7-9-23(29)16-21)26(33)18-32(24-10-5-4-6-11-24)37(35,36)25-14-12-22(28)13-15-25/h4-16,19-20H,17-18H2,1-3H3,(H,30,34)/t20-/m1/s1. The number of benzene rings is 3. The Morgan fingerprint density at radius 3 is 2.11 bits per heavy atom. The Kier molecular flexibility index (Phi) is 9.59. The van der Waals surface area contributed by atoms with Crippen LogP contribution in [0.5, 0.6) is 0 Å². The second kappa shape index (κ2) is 12.4. The molecular weight excluding hydrogens is 533 g/mol. The van der Waals surface area contributed by atoms with Gasteiger partial charge in [-0.15, -0.1) is 0 Å². The van der Waals surface area contributed by atoms with Crippen molar-refractivity contribution in [2.24, 2.45) is 0 Å². The summed E-state index contributed by atoms with van der Waals surface area (Å²) in [4.78, 5) is 28.0. The maximum Gasteiger partial charge on any atom is 0.264 e. The van der Waals surface area contributed by atoms with Crippen molar-refractivity contribution in [1.82, 2.24) is 10.2 Å². The largest absolute Gasteiger partial charge is 0.352 e. The zero-order chi connectivity index (χ0) is 27.2. The van der Waals surface area contributed by atoms with E-state index < -0.39 is 28.5 Å². The van der Waals surface area contributed by atoms with Crippen molar-refractivity contribution in [2.75, 3.05) is 10.8 Å². The van der Waals surface area contributed by atoms with Crippen LogP contribution in [0, 0.1) is 0 Å². The molecule has 0 saturated carbocycles. The van der Waals surface area contributed by atoms with Gasteiger partial charge in [0.15, 0.2) is 0 Å². The Morgan fingerprint density at radius 1 is 0.865 bits per heavy atom. The lowest BCUT2D eigenvalue weighted by Gasteiger charge is -2.32. The molecular formula is C27H29Cl2N3O4S. The molecule has 37 heavy (non-hydrogen) atoms. The first-order valence-electron chi connectivity index (χ1n) is 11.7. The molecule has 1 atom stereocenters. The first kappa shape index (κ1) is 28.5. The molecule has 3 aromatic carbocycles. The van der Waals surface area contributed by atoms with Crippen molar-refractivity contribution in [3.8, 4) is 0 Å². The molecule has 0 saturated heterocycles. The molecule has 3 aromatic rings. The summed E-state index contributed by atoms with van der Waals surface area (Å²) < 4.78 is 28.4. The van der Waals surface area contributed by atoms with Crippen LogP contribution in [0.25, 0.3) is 0 Å². The molecule has 0 aliphatic carbocycles. The number of para-hydroxylation sites is 1. The fraction of sp³-hybridized carbons (Fsp3) is 0.259. The Labute approximate surface area is 228 Å². The third-order valence-corrected chi connectivity index (χ3v) is 7.84. The number of nitrogens with one attached hydrogen (secondary N) is 1. The van der Waals surface area contributed by atoms with E-state index in [4.69, 9.17) is 23.2 Å². The van der Waals surface area contributed by atoms with Gasteiger partial charge in [0.25, 0.3) is 10.0 Å². The highest BCUT2D eigenvalue weighted by molar-refractivity contribution is 7.92. The van der Waals surface area contributed by atoms with Crippen LogP contribution in [-0.4, -0.2) is 43.8 Å². The Hall–Kier alpha value is -3.07. The number of hydrogen-bond acceptors (Lipinski definition) is 4. The van der Waals surface area contributed by atoms with Gasteiger partial charge in [0, 0.05) is 22.6 Å². The predicted molar refractivity (Wildman–Crippen MR) is 147 cm³/mol. The molecule has 10 heteroatoms. The van der Waals surface area contributed by atoms with Crippen LogP contribution in [0.3, 0.4) is 0 Å². The lowest BCUT2D eigenvalue weighted by Crippen LogP contribution is -2.52. The summed E-state index contributed by atoms with van der Waals surface area (Å²) in [5, 5.41) is 3.69. The van der Waals surface area contributed by atoms with Crippen LogP contribution >= 0.6 is 23.2 Å². The summed E-state index contributed by atoms with van der Waals surface area (Å²) in [7, 11) is -4.14. The predicted octanol–water partition coefficient (Wildman–Crippen LogP) is 5.13. The van der Waals surface area contributed by atoms with Gasteiger partial charge in [-0.2, -0.15) is 0 Å². The SMILES string of the molecule is CC(C)NC(=O)[C@@H](C)N(Cc1cccc(Cl)c1)C(=O)CN(c1ccccc1)S(=O)(=O)c1ccc(Cl)cc1. The van der Waals surface area contributed by atoms with E-state index in [0.29, 0.717) is 21.3 Å². The molecule has 7 nitrogen and oxygen atoms in total. The zero-order valence-electron chi connectivity index (χ0n) is 20.8. The molecule has 0 aliphatic heterocycles. The van der Waals surface area contributed by atoms with Crippen LogP contribution in [-0.2, 0) is 26.2 Å². The van der Waals surface area contributed by atoms with Gasteiger partial charge in [0.2, 0.25) is 11.8 Å². The highest BCUT2D eigenvalue weighted by Gasteiger charge is 2.32. The van der Waals surface area contributed by atoms with E-state index in [1.165, 1.54) is 29.2 Å². The summed E-state index contributed by atoms with van der Waals surface area (Å²) in [6, 6.07) is 20.0. The monoisotopic (exact) mass is 561 g/mol. The number of carbonyl (C=O) groups is 2. The number of halogens is 2. The van der Waals surface area contributed by atoms with Crippen LogP contribution in [0.4, 0.5) is 5.69 Å². The van der Waals surface area contributed by atoms with Crippen molar-refractivity contribution in [3.05, 3.63) is 94.5 Å². The summed E-state index contributed by atoms with van der Waals surface area (Å²) in [6.45, 7) is 4.80. The first-order chi connectivity index (χ1) is 17.5. The molecule has 0 spiro atoms. The van der Waals surface area contributed by atoms with Gasteiger partial charge < -0.3 is 10.2 Å². The number of sulfonamides is 1. The second-order valence-corrected chi connectivity index (χ2v) is 11.5. The van der Waals surface area contributed by atoms with Crippen molar-refractivity contribution >= 4 is 50.7 Å². The minimum atomic E-state index is -4.14. The number of nitrogens with zero attached hydrogens (tertiary/aromatic N) is 2. The van der Waals surface area contributed by atoms with Crippen LogP contribution in [0.15, 0.2) is 83.8 Å². The van der Waals surface area contributed by atoms with E-state index in [-0.39, 0.29) is 23.4 Å². The van der Waals surface area contributed by atoms with Gasteiger partial charge in [0.05, 0.1) is 10.6 Å². The minimum Gasteiger partial charge on any atom is -0.352 e. The number of anilines is 1. The van der Waals surface area contributed by atoms with Crippen molar-refractivity contribution < 1.29 is 18.0 Å². The smallest absolute Gasteiger partial charge is 0.264 e. The first-order valence-corrected chi connectivity index (χ1v) is 13.9. The van der Waals surface area contributed by atoms with Crippen molar-refractivity contribution in [2.45, 2.75) is 44.3 Å². The van der Waals surface area contributed by atoms with Crippen LogP contribution in [0.2, 0.25) is 10.0 Å². The van der Waals surface area contributed by atoms with E-state index >= 15 is 0 Å². The highest BCUT2D eigenvalue weighted by atomic mass is 35.5. The summed E-state index contributed by atoms with van der Waals surface area (Å²) >= 11 is 12.1. The third kappa shape index (κ3) is 7.47. The summed E-state index contributed by atoms with van der Waals surface area (Å²) in [5.41, 5.74) is 1.02.